The minimum absolute atomic E-state index is 0.0308. The van der Waals surface area contributed by atoms with Crippen molar-refractivity contribution in [2.24, 2.45) is 0 Å². The molecule has 0 rings (SSSR count). The Labute approximate surface area is 179 Å². The van der Waals surface area contributed by atoms with E-state index in [0.717, 1.165) is 0 Å². The van der Waals surface area contributed by atoms with Crippen LogP contribution in [0, 0.1) is 0 Å². The fourth-order valence-electron chi connectivity index (χ4n) is 1.38. The summed E-state index contributed by atoms with van der Waals surface area (Å²) in [6, 6.07) is 0. The summed E-state index contributed by atoms with van der Waals surface area (Å²) < 4.78 is 14.1. The van der Waals surface area contributed by atoms with Crippen LogP contribution in [0.15, 0.2) is 0 Å². The molecule has 1 atom stereocenters. The molecular weight excluding hydrogens is 604 g/mol. The first-order valence-electron chi connectivity index (χ1n) is 7.68. The van der Waals surface area contributed by atoms with Gasteiger partial charge >= 0.3 is 53.6 Å². The standard InChI is InChI=1S/C13H24N5O7.2ClH.Pt/c1-3-24-12(21)17-7-9(6-16-11(20)23-2)25-13(22)18-8-10(19)15-5-4-14;;;/h9,14H,3-8H2,1-2H3,(H4,15,16,17,18,19,20,21,22);2*1H;/q-1;;;+4/p-3. The van der Waals surface area contributed by atoms with Crippen molar-refractivity contribution in [3.63, 3.8) is 0 Å². The van der Waals surface area contributed by atoms with Crippen LogP contribution in [-0.4, -0.2) is 76.7 Å². The number of nitrogens with zero attached hydrogens (tertiary/aromatic N) is 1. The van der Waals surface area contributed by atoms with Crippen LogP contribution in [0.5, 0.6) is 0 Å². The summed E-state index contributed by atoms with van der Waals surface area (Å²) in [6.45, 7) is 1.16. The summed E-state index contributed by atoms with van der Waals surface area (Å²) in [5, 5.41) is 10.4. The number of hydrogen-bond acceptors (Lipinski definition) is 7. The van der Waals surface area contributed by atoms with Crippen molar-refractivity contribution in [1.29, 1.82) is 0 Å². The molecule has 0 saturated heterocycles. The molecule has 0 radical (unpaired) electrons. The Bertz CT molecular complexity index is 477. The number of carbonyl (C=O) groups excluding carboxylic acids is 4. The molecule has 15 heteroatoms. The van der Waals surface area contributed by atoms with Crippen molar-refractivity contribution in [2.45, 2.75) is 13.0 Å². The first-order chi connectivity index (χ1) is 13.3. The number of rotatable bonds is 10. The molecule has 4 N–H and O–H groups in total. The maximum atomic E-state index is 11.7. The van der Waals surface area contributed by atoms with E-state index in [1.807, 2.05) is 0 Å². The quantitative estimate of drug-likeness (QED) is 0.309. The molecule has 0 saturated carbocycles. The van der Waals surface area contributed by atoms with E-state index < -0.39 is 46.8 Å². The molecule has 0 aromatic heterocycles. The van der Waals surface area contributed by atoms with E-state index in [9.17, 15) is 19.2 Å². The van der Waals surface area contributed by atoms with E-state index in [4.69, 9.17) is 29.3 Å². The van der Waals surface area contributed by atoms with Crippen molar-refractivity contribution in [1.82, 2.24) is 16.0 Å². The Morgan fingerprint density at radius 3 is 2.14 bits per heavy atom. The maximum absolute atomic E-state index is 11.7. The van der Waals surface area contributed by atoms with E-state index in [2.05, 4.69) is 30.7 Å². The molecule has 0 aromatic carbocycles. The minimum atomic E-state index is -0.934. The average Bonchev–Trinajstić information content (AvgIpc) is 2.67. The zero-order valence-corrected chi connectivity index (χ0v) is 19.0. The molecule has 4 amide bonds. The van der Waals surface area contributed by atoms with Gasteiger partial charge in [0.25, 0.3) is 0 Å². The summed E-state index contributed by atoms with van der Waals surface area (Å²) in [7, 11) is 10.9. The number of hydrogen-bond donors (Lipinski definition) is 3. The first-order valence-corrected chi connectivity index (χ1v) is 13.3. The van der Waals surface area contributed by atoms with Gasteiger partial charge in [-0.25, -0.2) is 14.4 Å². The van der Waals surface area contributed by atoms with Gasteiger partial charge in [0.15, 0.2) is 0 Å². The predicted molar refractivity (Wildman–Crippen MR) is 97.8 cm³/mol. The summed E-state index contributed by atoms with van der Waals surface area (Å²) in [5.41, 5.74) is 6.87. The van der Waals surface area contributed by atoms with E-state index in [0.29, 0.717) is 0 Å². The third kappa shape index (κ3) is 19.3. The zero-order chi connectivity index (χ0) is 21.8. The number of methoxy groups -OCH3 is 1. The van der Waals surface area contributed by atoms with Crippen LogP contribution in [0.3, 0.4) is 0 Å². The molecule has 28 heavy (non-hydrogen) atoms. The Kier molecular flexibility index (Phi) is 20.8. The number of alkyl carbamates (subject to hydrolysis) is 3. The molecule has 0 spiro atoms. The molecular formula is C13H23Cl2N5O7Pt. The second-order valence-electron chi connectivity index (χ2n) is 4.43. The summed E-state index contributed by atoms with van der Waals surface area (Å²) >= 11 is -0.472. The SMILES string of the molecule is CCOC(=O)NCC(CNC(=O)OC)OC(=O)NCC(=O)[N-]CC[NH-].[Cl][Pt+2][Cl]. The van der Waals surface area contributed by atoms with Crippen LogP contribution in [0.1, 0.15) is 6.92 Å². The monoisotopic (exact) mass is 626 g/mol. The van der Waals surface area contributed by atoms with Gasteiger partial charge in [-0.3, -0.25) is 0 Å². The fraction of sp³-hybridized carbons (Fsp3) is 0.692. The van der Waals surface area contributed by atoms with Crippen LogP contribution in [0.25, 0.3) is 11.1 Å². The van der Waals surface area contributed by atoms with Gasteiger partial charge in [0.05, 0.1) is 39.3 Å². The van der Waals surface area contributed by atoms with Crippen molar-refractivity contribution in [2.75, 3.05) is 46.4 Å². The van der Waals surface area contributed by atoms with Crippen LogP contribution >= 0.6 is 18.8 Å². The van der Waals surface area contributed by atoms with Gasteiger partial charge in [0.1, 0.15) is 6.10 Å². The van der Waals surface area contributed by atoms with Crippen molar-refractivity contribution >= 4 is 43.0 Å². The second-order valence-corrected chi connectivity index (χ2v) is 7.71. The molecule has 166 valence electrons. The number of amides is 4. The summed E-state index contributed by atoms with van der Waals surface area (Å²) in [5.74, 6) is -0.599. The Morgan fingerprint density at radius 1 is 1.07 bits per heavy atom. The van der Waals surface area contributed by atoms with E-state index in [1.165, 1.54) is 7.11 Å². The van der Waals surface area contributed by atoms with Gasteiger partial charge in [0, 0.05) is 0 Å². The number of carbonyl (C=O) groups is 4. The topological polar surface area (TPSA) is 170 Å². The molecule has 0 aliphatic carbocycles. The summed E-state index contributed by atoms with van der Waals surface area (Å²) in [6.07, 6.45) is -3.31. The third-order valence-electron chi connectivity index (χ3n) is 2.47. The third-order valence-corrected chi connectivity index (χ3v) is 2.47. The Hall–Kier alpha value is -1.49. The molecule has 0 heterocycles. The zero-order valence-electron chi connectivity index (χ0n) is 15.2. The van der Waals surface area contributed by atoms with Gasteiger partial charge in [-0.15, -0.1) is 6.54 Å². The van der Waals surface area contributed by atoms with Gasteiger partial charge < -0.3 is 46.0 Å². The predicted octanol–water partition coefficient (Wildman–Crippen LogP) is 1.51. The van der Waals surface area contributed by atoms with Crippen LogP contribution in [0.4, 0.5) is 14.4 Å². The van der Waals surface area contributed by atoms with Crippen LogP contribution < -0.4 is 16.0 Å². The molecule has 12 nitrogen and oxygen atoms in total. The van der Waals surface area contributed by atoms with Crippen LogP contribution in [0.2, 0.25) is 0 Å². The first kappa shape index (κ1) is 28.7. The Morgan fingerprint density at radius 2 is 1.64 bits per heavy atom. The number of ether oxygens (including phenoxy) is 3. The number of nitrogens with one attached hydrogen (secondary N) is 4. The second kappa shape index (κ2) is 20.2. The molecule has 1 unspecified atom stereocenters. The van der Waals surface area contributed by atoms with Crippen LogP contribution in [-0.2, 0) is 35.5 Å². The average molecular weight is 627 g/mol. The molecule has 0 aliphatic rings. The molecule has 0 aromatic rings. The molecule has 0 fully saturated rings. The van der Waals surface area contributed by atoms with Crippen molar-refractivity contribution < 1.29 is 49.9 Å². The van der Waals surface area contributed by atoms with E-state index in [1.54, 1.807) is 6.92 Å². The van der Waals surface area contributed by atoms with Gasteiger partial charge in [-0.05, 0) is 6.92 Å². The van der Waals surface area contributed by atoms with E-state index in [-0.39, 0.29) is 39.3 Å². The van der Waals surface area contributed by atoms with Crippen molar-refractivity contribution in [3.05, 3.63) is 11.1 Å². The van der Waals surface area contributed by atoms with E-state index >= 15 is 0 Å². The molecule has 0 bridgehead atoms. The number of halogens is 2. The summed E-state index contributed by atoms with van der Waals surface area (Å²) in [4.78, 5) is 45.3. The Balaban J connectivity index is 0. The fourth-order valence-corrected chi connectivity index (χ4v) is 1.38. The van der Waals surface area contributed by atoms with Crippen molar-refractivity contribution in [3.8, 4) is 0 Å². The normalized spacial score (nSPS) is 10.5. The molecule has 0 aliphatic heterocycles. The van der Waals surface area contributed by atoms with Gasteiger partial charge in [-0.1, -0.05) is 0 Å². The van der Waals surface area contributed by atoms with Gasteiger partial charge in [-0.2, -0.15) is 6.54 Å². The van der Waals surface area contributed by atoms with Gasteiger partial charge in [0.2, 0.25) is 0 Å².